The molecule has 0 fully saturated rings. The molecule has 1 aliphatic rings. The number of hydrogen-bond donors (Lipinski definition) is 0. The van der Waals surface area contributed by atoms with E-state index in [0.29, 0.717) is 0 Å². The Labute approximate surface area is 154 Å². The fourth-order valence-corrected chi connectivity index (χ4v) is 3.23. The van der Waals surface area contributed by atoms with Crippen molar-refractivity contribution in [2.75, 3.05) is 28.2 Å². The average molecular weight is 344 g/mol. The van der Waals surface area contributed by atoms with Crippen LogP contribution in [0.1, 0.15) is 0 Å². The van der Waals surface area contributed by atoms with E-state index in [1.807, 2.05) is 12.2 Å². The zero-order valence-electron chi connectivity index (χ0n) is 15.7. The molecule has 0 spiro atoms. The number of carbonyl (C=O) groups is 1. The second-order valence-electron chi connectivity index (χ2n) is 6.79. The fraction of sp³-hybridized carbons (Fsp3) is 0.174. The quantitative estimate of drug-likeness (QED) is 0.833. The van der Waals surface area contributed by atoms with Gasteiger partial charge in [0.25, 0.3) is 0 Å². The Kier molecular flexibility index (Phi) is 5.08. The first-order valence-corrected chi connectivity index (χ1v) is 8.65. The molecule has 0 unspecified atom stereocenters. The Morgan fingerprint density at radius 1 is 0.615 bits per heavy atom. The summed E-state index contributed by atoms with van der Waals surface area (Å²) in [5, 5.41) is 4.67. The number of carbonyl (C=O) groups excluding carboxylic acids is 1. The minimum absolute atomic E-state index is 0.0390. The van der Waals surface area contributed by atoms with Crippen molar-refractivity contribution in [3.05, 3.63) is 93.7 Å². The fourth-order valence-electron chi connectivity index (χ4n) is 3.23. The van der Waals surface area contributed by atoms with Crippen LogP contribution in [0.25, 0.3) is 11.4 Å². The smallest absolute Gasteiger partial charge is 0.178 e. The molecule has 26 heavy (non-hydrogen) atoms. The molecule has 2 aromatic carbocycles. The average Bonchev–Trinajstić information content (AvgIpc) is 2.63. The Morgan fingerprint density at radius 2 is 1.04 bits per heavy atom. The lowest BCUT2D eigenvalue weighted by Gasteiger charge is -2.24. The minimum Gasteiger partial charge on any atom is -0.364 e. The molecular formula is C23H24N2O. The van der Waals surface area contributed by atoms with Gasteiger partial charge >= 0.3 is 0 Å². The number of benzene rings is 2. The second-order valence-corrected chi connectivity index (χ2v) is 6.79. The normalized spacial score (nSPS) is 13.1. The van der Waals surface area contributed by atoms with Gasteiger partial charge in [0.1, 0.15) is 5.82 Å². The van der Waals surface area contributed by atoms with E-state index in [0.717, 1.165) is 10.8 Å². The predicted octanol–water partition coefficient (Wildman–Crippen LogP) is 2.01. The third kappa shape index (κ3) is 3.77. The molecule has 0 aromatic heterocycles. The van der Waals surface area contributed by atoms with E-state index >= 15 is 0 Å². The van der Waals surface area contributed by atoms with Crippen LogP contribution in [0, 0.1) is 10.4 Å². The van der Waals surface area contributed by atoms with Gasteiger partial charge in [0.05, 0.1) is 0 Å². The maximum Gasteiger partial charge on any atom is 0.178 e. The minimum atomic E-state index is 0.0390. The number of hydrogen-bond acceptors (Lipinski definition) is 3. The summed E-state index contributed by atoms with van der Waals surface area (Å²) in [6.07, 6.45) is 6.94. The molecule has 0 atom stereocenters. The number of allylic oxidation sites excluding steroid dienone is 4. The highest BCUT2D eigenvalue weighted by atomic mass is 16.1. The summed E-state index contributed by atoms with van der Waals surface area (Å²) >= 11 is 0. The van der Waals surface area contributed by atoms with Crippen LogP contribution in [0.4, 0.5) is 0 Å². The maximum absolute atomic E-state index is 11.2. The first kappa shape index (κ1) is 17.7. The predicted molar refractivity (Wildman–Crippen MR) is 107 cm³/mol. The van der Waals surface area contributed by atoms with Crippen molar-refractivity contribution < 1.29 is 4.79 Å². The van der Waals surface area contributed by atoms with Gasteiger partial charge in [-0.05, 0) is 33.4 Å². The van der Waals surface area contributed by atoms with E-state index in [9.17, 15) is 4.79 Å². The largest absolute Gasteiger partial charge is 0.364 e. The summed E-state index contributed by atoms with van der Waals surface area (Å²) in [6, 6.07) is 17.1. The Morgan fingerprint density at radius 3 is 1.50 bits per heavy atom. The number of rotatable bonds is 2. The third-order valence-corrected chi connectivity index (χ3v) is 4.40. The van der Waals surface area contributed by atoms with Gasteiger partial charge in [0, 0.05) is 33.4 Å². The van der Waals surface area contributed by atoms with Gasteiger partial charge in [-0.15, -0.1) is 0 Å². The van der Waals surface area contributed by atoms with Crippen molar-refractivity contribution in [2.24, 2.45) is 0 Å². The van der Waals surface area contributed by atoms with Crippen LogP contribution < -0.4 is 10.4 Å². The Bertz CT molecular complexity index is 1030. The molecule has 0 bridgehead atoms. The summed E-state index contributed by atoms with van der Waals surface area (Å²) in [5.41, 5.74) is 1.06. The molecule has 0 N–H and O–H groups in total. The SMILES string of the molecule is CN(C)C(=c1ccc(=c2ccc(=C3C=CC(=O)C=C3)cc2)cc1)N(C)C. The molecular weight excluding hydrogens is 320 g/mol. The van der Waals surface area contributed by atoms with Crippen LogP contribution in [-0.4, -0.2) is 43.8 Å². The van der Waals surface area contributed by atoms with E-state index in [-0.39, 0.29) is 5.78 Å². The van der Waals surface area contributed by atoms with E-state index in [2.05, 4.69) is 86.5 Å². The summed E-state index contributed by atoms with van der Waals surface area (Å²) in [7, 11) is 8.23. The molecule has 3 heteroatoms. The van der Waals surface area contributed by atoms with Crippen LogP contribution in [0.3, 0.4) is 0 Å². The summed E-state index contributed by atoms with van der Waals surface area (Å²) in [5.74, 6) is 1.21. The lowest BCUT2D eigenvalue weighted by molar-refractivity contribution is -0.110. The van der Waals surface area contributed by atoms with Gasteiger partial charge in [-0.1, -0.05) is 60.7 Å². The topological polar surface area (TPSA) is 23.6 Å². The van der Waals surface area contributed by atoms with Gasteiger partial charge in [-0.2, -0.15) is 0 Å². The molecule has 0 saturated heterocycles. The lowest BCUT2D eigenvalue weighted by atomic mass is 10.1. The van der Waals surface area contributed by atoms with E-state index in [1.165, 1.54) is 21.5 Å². The van der Waals surface area contributed by atoms with E-state index in [4.69, 9.17) is 0 Å². The lowest BCUT2D eigenvalue weighted by Crippen LogP contribution is -2.29. The van der Waals surface area contributed by atoms with Gasteiger partial charge in [-0.25, -0.2) is 0 Å². The molecule has 3 nitrogen and oxygen atoms in total. The molecule has 2 aromatic rings. The van der Waals surface area contributed by atoms with Gasteiger partial charge < -0.3 is 9.80 Å². The highest BCUT2D eigenvalue weighted by Gasteiger charge is 2.02. The summed E-state index contributed by atoms with van der Waals surface area (Å²) < 4.78 is 0. The molecule has 3 rings (SSSR count). The number of nitrogens with zero attached hydrogens (tertiary/aromatic N) is 2. The maximum atomic E-state index is 11.2. The zero-order valence-corrected chi connectivity index (χ0v) is 15.7. The molecule has 0 saturated carbocycles. The van der Waals surface area contributed by atoms with Crippen molar-refractivity contribution in [1.29, 1.82) is 0 Å². The Hall–Kier alpha value is -3.07. The van der Waals surface area contributed by atoms with Crippen LogP contribution in [-0.2, 0) is 4.79 Å². The van der Waals surface area contributed by atoms with Crippen LogP contribution >= 0.6 is 0 Å². The zero-order chi connectivity index (χ0) is 18.7. The Balaban J connectivity index is 2.09. The molecule has 0 aliphatic heterocycles. The molecule has 0 heterocycles. The van der Waals surface area contributed by atoms with Crippen molar-refractivity contribution in [2.45, 2.75) is 0 Å². The second kappa shape index (κ2) is 7.44. The molecule has 132 valence electrons. The highest BCUT2D eigenvalue weighted by molar-refractivity contribution is 6.04. The molecule has 1 aliphatic carbocycles. The van der Waals surface area contributed by atoms with Crippen LogP contribution in [0.5, 0.6) is 0 Å². The monoisotopic (exact) mass is 344 g/mol. The summed E-state index contributed by atoms with van der Waals surface area (Å²) in [4.78, 5) is 15.5. The van der Waals surface area contributed by atoms with Gasteiger partial charge in [0.2, 0.25) is 0 Å². The first-order chi connectivity index (χ1) is 12.5. The molecule has 0 radical (unpaired) electrons. The number of ketones is 1. The van der Waals surface area contributed by atoms with Crippen molar-refractivity contribution >= 4 is 17.2 Å². The standard InChI is InChI=1S/C23H24N2O/c1-24(2)23(25(3)4)21-11-9-19(10-12-21)17-5-7-18(8-6-17)20-13-15-22(26)16-14-20/h5-16H,1-4H3. The van der Waals surface area contributed by atoms with Gasteiger partial charge in [-0.3, -0.25) is 4.79 Å². The summed E-state index contributed by atoms with van der Waals surface area (Å²) in [6.45, 7) is 0. The molecule has 0 amide bonds. The van der Waals surface area contributed by atoms with Crippen molar-refractivity contribution in [3.63, 3.8) is 0 Å². The van der Waals surface area contributed by atoms with Crippen molar-refractivity contribution in [1.82, 2.24) is 9.80 Å². The van der Waals surface area contributed by atoms with Gasteiger partial charge in [0.15, 0.2) is 5.78 Å². The van der Waals surface area contributed by atoms with E-state index in [1.54, 1.807) is 12.2 Å². The van der Waals surface area contributed by atoms with Crippen LogP contribution in [0.2, 0.25) is 0 Å². The highest BCUT2D eigenvalue weighted by Crippen LogP contribution is 2.05. The third-order valence-electron chi connectivity index (χ3n) is 4.40. The van der Waals surface area contributed by atoms with E-state index < -0.39 is 0 Å². The van der Waals surface area contributed by atoms with Crippen molar-refractivity contribution in [3.8, 4) is 0 Å². The van der Waals surface area contributed by atoms with Crippen LogP contribution in [0.15, 0.2) is 72.8 Å². The first-order valence-electron chi connectivity index (χ1n) is 8.65.